The Balaban J connectivity index is 1.95. The van der Waals surface area contributed by atoms with E-state index < -0.39 is 0 Å². The van der Waals surface area contributed by atoms with Crippen LogP contribution in [0.3, 0.4) is 0 Å². The molecular weight excluding hydrogens is 352 g/mol. The topological polar surface area (TPSA) is 66.0 Å². The van der Waals surface area contributed by atoms with E-state index in [2.05, 4.69) is 46.8 Å². The number of benzene rings is 1. The smallest absolute Gasteiger partial charge is 0.240 e. The molecule has 2 atom stereocenters. The number of carbonyl (C=O) groups excluding carboxylic acids is 1. The zero-order chi connectivity index (χ0) is 20.7. The van der Waals surface area contributed by atoms with Gasteiger partial charge in [0, 0.05) is 38.7 Å². The SMILES string of the molecule is CN=C(NCC1CCCOC1c1ccc(C)cc1)N(C)CC(=O)NC(C)(C)C. The standard InChI is InChI=1S/C22H36N4O2/c1-16-9-11-17(12-10-16)20-18(8-7-13-28-20)14-24-21(23-5)26(6)15-19(27)25-22(2,3)4/h9-12,18,20H,7-8,13-15H2,1-6H3,(H,23,24)(H,25,27). The van der Waals surface area contributed by atoms with Crippen molar-refractivity contribution < 1.29 is 9.53 Å². The molecule has 1 aromatic rings. The number of likely N-dealkylation sites (N-methyl/N-ethyl adjacent to an activating group) is 1. The highest BCUT2D eigenvalue weighted by molar-refractivity contribution is 5.86. The molecule has 1 aliphatic rings. The lowest BCUT2D eigenvalue weighted by atomic mass is 9.89. The van der Waals surface area contributed by atoms with Gasteiger partial charge in [-0.3, -0.25) is 9.79 Å². The third-order valence-electron chi connectivity index (χ3n) is 4.84. The fourth-order valence-corrected chi connectivity index (χ4v) is 3.53. The number of amides is 1. The van der Waals surface area contributed by atoms with Gasteiger partial charge in [0.1, 0.15) is 0 Å². The van der Waals surface area contributed by atoms with Gasteiger partial charge in [-0.25, -0.2) is 0 Å². The van der Waals surface area contributed by atoms with Crippen LogP contribution >= 0.6 is 0 Å². The molecule has 6 nitrogen and oxygen atoms in total. The molecule has 1 aromatic carbocycles. The van der Waals surface area contributed by atoms with Gasteiger partial charge in [0.05, 0.1) is 12.6 Å². The van der Waals surface area contributed by atoms with Crippen LogP contribution < -0.4 is 10.6 Å². The van der Waals surface area contributed by atoms with E-state index in [1.807, 2.05) is 32.7 Å². The number of hydrogen-bond donors (Lipinski definition) is 2. The molecule has 0 spiro atoms. The molecule has 6 heteroatoms. The van der Waals surface area contributed by atoms with Crippen molar-refractivity contribution in [3.05, 3.63) is 35.4 Å². The van der Waals surface area contributed by atoms with E-state index in [0.29, 0.717) is 5.92 Å². The molecule has 0 aromatic heterocycles. The summed E-state index contributed by atoms with van der Waals surface area (Å²) in [4.78, 5) is 18.4. The van der Waals surface area contributed by atoms with E-state index in [9.17, 15) is 4.79 Å². The predicted octanol–water partition coefficient (Wildman–Crippen LogP) is 2.88. The quantitative estimate of drug-likeness (QED) is 0.601. The number of hydrogen-bond acceptors (Lipinski definition) is 3. The summed E-state index contributed by atoms with van der Waals surface area (Å²) in [6.07, 6.45) is 2.27. The molecule has 0 radical (unpaired) electrons. The monoisotopic (exact) mass is 388 g/mol. The first-order valence-corrected chi connectivity index (χ1v) is 10.1. The van der Waals surface area contributed by atoms with Crippen LogP contribution in [0.4, 0.5) is 0 Å². The van der Waals surface area contributed by atoms with E-state index in [4.69, 9.17) is 4.74 Å². The van der Waals surface area contributed by atoms with Crippen LogP contribution in [0.2, 0.25) is 0 Å². The van der Waals surface area contributed by atoms with Crippen molar-refractivity contribution >= 4 is 11.9 Å². The Labute approximate surface area is 169 Å². The summed E-state index contributed by atoms with van der Waals surface area (Å²) in [5.74, 6) is 1.07. The maximum absolute atomic E-state index is 12.2. The Morgan fingerprint density at radius 1 is 1.29 bits per heavy atom. The zero-order valence-electron chi connectivity index (χ0n) is 18.2. The molecule has 0 aliphatic carbocycles. The van der Waals surface area contributed by atoms with Gasteiger partial charge >= 0.3 is 0 Å². The second-order valence-corrected chi connectivity index (χ2v) is 8.69. The van der Waals surface area contributed by atoms with Crippen molar-refractivity contribution in [1.29, 1.82) is 0 Å². The lowest BCUT2D eigenvalue weighted by Crippen LogP contribution is -2.49. The number of guanidine groups is 1. The van der Waals surface area contributed by atoms with Gasteiger partial charge in [-0.1, -0.05) is 29.8 Å². The van der Waals surface area contributed by atoms with Crippen molar-refractivity contribution in [1.82, 2.24) is 15.5 Å². The summed E-state index contributed by atoms with van der Waals surface area (Å²) in [5.41, 5.74) is 2.24. The van der Waals surface area contributed by atoms with Gasteiger partial charge in [0.2, 0.25) is 5.91 Å². The third-order valence-corrected chi connectivity index (χ3v) is 4.84. The first kappa shape index (κ1) is 22.2. The second-order valence-electron chi connectivity index (χ2n) is 8.69. The molecule has 28 heavy (non-hydrogen) atoms. The molecule has 1 heterocycles. The van der Waals surface area contributed by atoms with Crippen molar-refractivity contribution in [3.63, 3.8) is 0 Å². The maximum atomic E-state index is 12.2. The first-order valence-electron chi connectivity index (χ1n) is 10.1. The number of nitrogens with one attached hydrogen (secondary N) is 2. The number of carbonyl (C=O) groups is 1. The Hall–Kier alpha value is -2.08. The molecule has 1 saturated heterocycles. The van der Waals surface area contributed by atoms with Crippen LogP contribution in [0.5, 0.6) is 0 Å². The lowest BCUT2D eigenvalue weighted by Gasteiger charge is -2.33. The Kier molecular flexibility index (Phi) is 7.87. The van der Waals surface area contributed by atoms with E-state index in [1.54, 1.807) is 7.05 Å². The fourth-order valence-electron chi connectivity index (χ4n) is 3.53. The van der Waals surface area contributed by atoms with Gasteiger partial charge in [0.25, 0.3) is 0 Å². The van der Waals surface area contributed by atoms with Crippen LogP contribution in [0.1, 0.15) is 50.8 Å². The normalized spacial score (nSPS) is 20.6. The minimum Gasteiger partial charge on any atom is -0.373 e. The van der Waals surface area contributed by atoms with Crippen LogP contribution in [0, 0.1) is 12.8 Å². The van der Waals surface area contributed by atoms with Gasteiger partial charge < -0.3 is 20.3 Å². The molecule has 156 valence electrons. The van der Waals surface area contributed by atoms with Gasteiger partial charge in [0.15, 0.2) is 5.96 Å². The largest absolute Gasteiger partial charge is 0.373 e. The molecule has 0 bridgehead atoms. The van der Waals surface area contributed by atoms with Crippen LogP contribution in [0.25, 0.3) is 0 Å². The van der Waals surface area contributed by atoms with E-state index in [0.717, 1.165) is 32.0 Å². The highest BCUT2D eigenvalue weighted by Crippen LogP contribution is 2.33. The van der Waals surface area contributed by atoms with Crippen LogP contribution in [-0.4, -0.2) is 56.1 Å². The van der Waals surface area contributed by atoms with Crippen molar-refractivity contribution in [2.45, 2.75) is 52.2 Å². The average Bonchev–Trinajstić information content (AvgIpc) is 2.61. The van der Waals surface area contributed by atoms with Crippen molar-refractivity contribution in [2.75, 3.05) is 33.8 Å². The molecule has 1 aliphatic heterocycles. The van der Waals surface area contributed by atoms with E-state index in [1.165, 1.54) is 11.1 Å². The molecule has 2 unspecified atom stereocenters. The third kappa shape index (κ3) is 6.82. The number of aryl methyl sites for hydroxylation is 1. The highest BCUT2D eigenvalue weighted by Gasteiger charge is 2.28. The number of nitrogens with zero attached hydrogens (tertiary/aromatic N) is 2. The van der Waals surface area contributed by atoms with Gasteiger partial charge in [-0.2, -0.15) is 0 Å². The summed E-state index contributed by atoms with van der Waals surface area (Å²) in [6, 6.07) is 8.60. The van der Waals surface area contributed by atoms with Crippen LogP contribution in [0.15, 0.2) is 29.3 Å². The summed E-state index contributed by atoms with van der Waals surface area (Å²) in [5, 5.41) is 6.42. The van der Waals surface area contributed by atoms with Crippen molar-refractivity contribution in [2.24, 2.45) is 10.9 Å². The van der Waals surface area contributed by atoms with E-state index in [-0.39, 0.29) is 24.1 Å². The number of ether oxygens (including phenoxy) is 1. The first-order chi connectivity index (χ1) is 13.2. The minimum atomic E-state index is -0.241. The summed E-state index contributed by atoms with van der Waals surface area (Å²) in [6.45, 7) is 9.86. The fraction of sp³-hybridized carbons (Fsp3) is 0.636. The predicted molar refractivity (Wildman–Crippen MR) is 114 cm³/mol. The molecule has 1 amide bonds. The molecule has 1 fully saturated rings. The molecule has 0 saturated carbocycles. The zero-order valence-corrected chi connectivity index (χ0v) is 18.2. The second kappa shape index (κ2) is 9.92. The highest BCUT2D eigenvalue weighted by atomic mass is 16.5. The van der Waals surface area contributed by atoms with E-state index >= 15 is 0 Å². The number of rotatable bonds is 5. The maximum Gasteiger partial charge on any atom is 0.240 e. The van der Waals surface area contributed by atoms with Gasteiger partial charge in [-0.05, 0) is 46.1 Å². The Bertz CT molecular complexity index is 664. The summed E-state index contributed by atoms with van der Waals surface area (Å²) < 4.78 is 6.10. The van der Waals surface area contributed by atoms with Crippen molar-refractivity contribution in [3.8, 4) is 0 Å². The van der Waals surface area contributed by atoms with Gasteiger partial charge in [-0.15, -0.1) is 0 Å². The Morgan fingerprint density at radius 3 is 2.57 bits per heavy atom. The minimum absolute atomic E-state index is 0.0171. The summed E-state index contributed by atoms with van der Waals surface area (Å²) >= 11 is 0. The Morgan fingerprint density at radius 2 is 1.96 bits per heavy atom. The average molecular weight is 389 g/mol. The summed E-state index contributed by atoms with van der Waals surface area (Å²) in [7, 11) is 3.63. The molecule has 2 rings (SSSR count). The lowest BCUT2D eigenvalue weighted by molar-refractivity contribution is -0.122. The van der Waals surface area contributed by atoms with Crippen LogP contribution in [-0.2, 0) is 9.53 Å². The molecule has 2 N–H and O–H groups in total. The molecular formula is C22H36N4O2. The number of aliphatic imine (C=N–C) groups is 1.